The van der Waals surface area contributed by atoms with Gasteiger partial charge in [0, 0.05) is 17.3 Å². The molecule has 5 heteroatoms. The maximum absolute atomic E-state index is 12.3. The molecule has 0 aliphatic heterocycles. The van der Waals surface area contributed by atoms with E-state index in [1.165, 1.54) is 0 Å². The molecule has 0 saturated carbocycles. The lowest BCUT2D eigenvalue weighted by molar-refractivity contribution is 0.102. The molecule has 1 amide bonds. The molecule has 2 rings (SSSR count). The molecule has 0 bridgehead atoms. The summed E-state index contributed by atoms with van der Waals surface area (Å²) in [5, 5.41) is 2.87. The predicted octanol–water partition coefficient (Wildman–Crippen LogP) is 4.51. The minimum Gasteiger partial charge on any atom is -0.496 e. The van der Waals surface area contributed by atoms with Gasteiger partial charge in [0.2, 0.25) is 0 Å². The summed E-state index contributed by atoms with van der Waals surface area (Å²) < 4.78 is 11.7. The number of nitrogens with one attached hydrogen (secondary N) is 1. The Labute approximate surface area is 149 Å². The second-order valence-electron chi connectivity index (χ2n) is 5.08. The van der Waals surface area contributed by atoms with Crippen LogP contribution >= 0.6 is 22.6 Å². The number of halogens is 1. The average Bonchev–Trinajstić information content (AvgIpc) is 2.53. The van der Waals surface area contributed by atoms with Crippen molar-refractivity contribution < 1.29 is 14.3 Å². The van der Waals surface area contributed by atoms with Gasteiger partial charge < -0.3 is 14.8 Å². The third kappa shape index (κ3) is 4.99. The number of hydrogen-bond acceptors (Lipinski definition) is 3. The highest BCUT2D eigenvalue weighted by molar-refractivity contribution is 14.1. The van der Waals surface area contributed by atoms with Crippen LogP contribution in [0.1, 0.15) is 17.3 Å². The van der Waals surface area contributed by atoms with Crippen LogP contribution in [0, 0.1) is 3.57 Å². The Kier molecular flexibility index (Phi) is 6.04. The van der Waals surface area contributed by atoms with E-state index in [1.54, 1.807) is 31.4 Å². The van der Waals surface area contributed by atoms with E-state index in [1.807, 2.05) is 25.1 Å². The maximum atomic E-state index is 12.3. The van der Waals surface area contributed by atoms with E-state index in [0.29, 0.717) is 23.6 Å². The Morgan fingerprint density at radius 3 is 2.70 bits per heavy atom. The van der Waals surface area contributed by atoms with Crippen molar-refractivity contribution in [3.8, 4) is 11.5 Å². The van der Waals surface area contributed by atoms with Crippen LogP contribution in [0.25, 0.3) is 0 Å². The number of hydrogen-bond donors (Lipinski definition) is 1. The third-order valence-electron chi connectivity index (χ3n) is 2.99. The van der Waals surface area contributed by atoms with Gasteiger partial charge in [-0.2, -0.15) is 0 Å². The van der Waals surface area contributed by atoms with E-state index in [0.717, 1.165) is 14.9 Å². The van der Waals surface area contributed by atoms with E-state index in [9.17, 15) is 4.79 Å². The molecular formula is C18H18INO3. The average molecular weight is 423 g/mol. The molecule has 0 atom stereocenters. The summed E-state index contributed by atoms with van der Waals surface area (Å²) in [6, 6.07) is 12.6. The van der Waals surface area contributed by atoms with Crippen molar-refractivity contribution in [2.24, 2.45) is 0 Å². The predicted molar refractivity (Wildman–Crippen MR) is 100 cm³/mol. The quantitative estimate of drug-likeness (QED) is 0.550. The van der Waals surface area contributed by atoms with Gasteiger partial charge in [-0.1, -0.05) is 12.6 Å². The van der Waals surface area contributed by atoms with Crippen LogP contribution in [0.4, 0.5) is 5.69 Å². The molecular weight excluding hydrogens is 405 g/mol. The van der Waals surface area contributed by atoms with Crippen molar-refractivity contribution in [3.05, 3.63) is 63.8 Å². The first kappa shape index (κ1) is 17.3. The highest BCUT2D eigenvalue weighted by Crippen LogP contribution is 2.23. The van der Waals surface area contributed by atoms with Gasteiger partial charge in [0.1, 0.15) is 18.1 Å². The fourth-order valence-electron chi connectivity index (χ4n) is 1.88. The molecule has 0 spiro atoms. The molecule has 0 aliphatic rings. The number of carbonyl (C=O) groups excluding carboxylic acids is 1. The number of benzene rings is 2. The Morgan fingerprint density at radius 1 is 1.26 bits per heavy atom. The number of ether oxygens (including phenoxy) is 2. The lowest BCUT2D eigenvalue weighted by Gasteiger charge is -2.10. The largest absolute Gasteiger partial charge is 0.496 e. The van der Waals surface area contributed by atoms with Crippen molar-refractivity contribution in [2.75, 3.05) is 19.0 Å². The summed E-state index contributed by atoms with van der Waals surface area (Å²) in [7, 11) is 1.60. The summed E-state index contributed by atoms with van der Waals surface area (Å²) in [6.45, 7) is 6.15. The van der Waals surface area contributed by atoms with Gasteiger partial charge >= 0.3 is 0 Å². The third-order valence-corrected chi connectivity index (χ3v) is 3.83. The van der Waals surface area contributed by atoms with Crippen LogP contribution in [0.15, 0.2) is 54.6 Å². The standard InChI is InChI=1S/C18H18INO3/c1-12(2)11-23-15-6-4-5-14(10-15)20-18(21)13-7-8-17(22-3)16(19)9-13/h4-10H,1,11H2,2-3H3,(H,20,21). The SMILES string of the molecule is C=C(C)COc1cccc(NC(=O)c2ccc(OC)c(I)c2)c1. The Balaban J connectivity index is 2.09. The lowest BCUT2D eigenvalue weighted by atomic mass is 10.2. The van der Waals surface area contributed by atoms with Gasteiger partial charge in [-0.15, -0.1) is 0 Å². The van der Waals surface area contributed by atoms with E-state index in [-0.39, 0.29) is 5.91 Å². The minimum absolute atomic E-state index is 0.178. The Bertz CT molecular complexity index is 728. The van der Waals surface area contributed by atoms with E-state index in [2.05, 4.69) is 34.5 Å². The van der Waals surface area contributed by atoms with Crippen molar-refractivity contribution in [1.82, 2.24) is 0 Å². The molecule has 0 saturated heterocycles. The van der Waals surface area contributed by atoms with E-state index in [4.69, 9.17) is 9.47 Å². The number of methoxy groups -OCH3 is 1. The zero-order valence-corrected chi connectivity index (χ0v) is 15.2. The highest BCUT2D eigenvalue weighted by atomic mass is 127. The van der Waals surface area contributed by atoms with Crippen molar-refractivity contribution in [1.29, 1.82) is 0 Å². The fourth-order valence-corrected chi connectivity index (χ4v) is 2.62. The molecule has 0 aromatic heterocycles. The van der Waals surface area contributed by atoms with Crippen molar-refractivity contribution in [3.63, 3.8) is 0 Å². The second kappa shape index (κ2) is 8.01. The monoisotopic (exact) mass is 423 g/mol. The number of rotatable bonds is 6. The molecule has 120 valence electrons. The normalized spacial score (nSPS) is 10.0. The molecule has 1 N–H and O–H groups in total. The van der Waals surface area contributed by atoms with Crippen LogP contribution in [0.3, 0.4) is 0 Å². The topological polar surface area (TPSA) is 47.6 Å². The Hall–Kier alpha value is -2.02. The molecule has 0 radical (unpaired) electrons. The zero-order valence-electron chi connectivity index (χ0n) is 13.1. The molecule has 0 heterocycles. The van der Waals surface area contributed by atoms with Crippen LogP contribution in [0.5, 0.6) is 11.5 Å². The molecule has 2 aromatic rings. The van der Waals surface area contributed by atoms with Gasteiger partial charge in [0.05, 0.1) is 10.7 Å². The molecule has 4 nitrogen and oxygen atoms in total. The molecule has 0 fully saturated rings. The van der Waals surface area contributed by atoms with Gasteiger partial charge in [-0.25, -0.2) is 0 Å². The summed E-state index contributed by atoms with van der Waals surface area (Å²) in [4.78, 5) is 12.3. The molecule has 2 aromatic carbocycles. The fraction of sp³-hybridized carbons (Fsp3) is 0.167. The van der Waals surface area contributed by atoms with Crippen LogP contribution < -0.4 is 14.8 Å². The number of anilines is 1. The van der Waals surface area contributed by atoms with Crippen molar-refractivity contribution in [2.45, 2.75) is 6.92 Å². The van der Waals surface area contributed by atoms with Crippen molar-refractivity contribution >= 4 is 34.2 Å². The zero-order chi connectivity index (χ0) is 16.8. The first-order chi connectivity index (χ1) is 11.0. The summed E-state index contributed by atoms with van der Waals surface area (Å²) >= 11 is 2.14. The smallest absolute Gasteiger partial charge is 0.255 e. The van der Waals surface area contributed by atoms with Crippen LogP contribution in [-0.2, 0) is 0 Å². The maximum Gasteiger partial charge on any atom is 0.255 e. The number of amides is 1. The van der Waals surface area contributed by atoms with Gasteiger partial charge in [0.15, 0.2) is 0 Å². The summed E-state index contributed by atoms with van der Waals surface area (Å²) in [5.74, 6) is 1.26. The Morgan fingerprint density at radius 2 is 2.04 bits per heavy atom. The summed E-state index contributed by atoms with van der Waals surface area (Å²) in [6.07, 6.45) is 0. The molecule has 0 unspecified atom stereocenters. The first-order valence-corrected chi connectivity index (χ1v) is 8.09. The van der Waals surface area contributed by atoms with Gasteiger partial charge in [-0.3, -0.25) is 4.79 Å². The molecule has 0 aliphatic carbocycles. The first-order valence-electron chi connectivity index (χ1n) is 7.01. The van der Waals surface area contributed by atoms with Gasteiger partial charge in [-0.05, 0) is 65.4 Å². The van der Waals surface area contributed by atoms with Crippen LogP contribution in [-0.4, -0.2) is 19.6 Å². The van der Waals surface area contributed by atoms with E-state index >= 15 is 0 Å². The highest BCUT2D eigenvalue weighted by Gasteiger charge is 2.09. The second-order valence-corrected chi connectivity index (χ2v) is 6.24. The molecule has 23 heavy (non-hydrogen) atoms. The van der Waals surface area contributed by atoms with E-state index < -0.39 is 0 Å². The van der Waals surface area contributed by atoms with Crippen LogP contribution in [0.2, 0.25) is 0 Å². The minimum atomic E-state index is -0.178. The lowest BCUT2D eigenvalue weighted by Crippen LogP contribution is -2.12. The van der Waals surface area contributed by atoms with Gasteiger partial charge in [0.25, 0.3) is 5.91 Å². The summed E-state index contributed by atoms with van der Waals surface area (Å²) in [5.41, 5.74) is 2.19. The number of carbonyl (C=O) groups is 1.